The minimum atomic E-state index is -1.57. The number of carboxylic acids is 1. The van der Waals surface area contributed by atoms with E-state index >= 15 is 0 Å². The second-order valence-electron chi connectivity index (χ2n) is 9.32. The lowest BCUT2D eigenvalue weighted by molar-refractivity contribution is -0.145. The van der Waals surface area contributed by atoms with Gasteiger partial charge in [-0.15, -0.1) is 0 Å². The molecule has 0 spiro atoms. The highest BCUT2D eigenvalue weighted by Gasteiger charge is 2.32. The number of carbonyl (C=O) groups excluding carboxylic acids is 3. The van der Waals surface area contributed by atoms with Gasteiger partial charge in [0, 0.05) is 13.1 Å². The van der Waals surface area contributed by atoms with Crippen molar-refractivity contribution in [3.05, 3.63) is 0 Å². The first-order valence-electron chi connectivity index (χ1n) is 12.3. The number of hydrogen-bond acceptors (Lipinski definition) is 8. The number of carboxylic acid groups (broad SMARTS) is 1. The minimum Gasteiger partial charge on any atom is -0.480 e. The Bertz CT molecular complexity index is 840. The van der Waals surface area contributed by atoms with E-state index in [1.54, 1.807) is 0 Å². The Hall–Kier alpha value is -3.66. The van der Waals surface area contributed by atoms with Crippen LogP contribution in [-0.2, 0) is 19.2 Å². The van der Waals surface area contributed by atoms with E-state index in [2.05, 4.69) is 25.9 Å². The van der Waals surface area contributed by atoms with Gasteiger partial charge in [-0.3, -0.25) is 24.4 Å². The molecule has 0 aromatic rings. The second-order valence-corrected chi connectivity index (χ2v) is 9.32. The number of aliphatic carboxylic acids is 1. The Morgan fingerprint density at radius 2 is 1.24 bits per heavy atom. The lowest BCUT2D eigenvalue weighted by Gasteiger charge is -2.26. The van der Waals surface area contributed by atoms with E-state index in [-0.39, 0.29) is 50.2 Å². The predicted molar refractivity (Wildman–Crippen MR) is 142 cm³/mol. The maximum atomic E-state index is 13.2. The molecule has 0 aromatic carbocycles. The first-order valence-corrected chi connectivity index (χ1v) is 12.3. The molecule has 15 N–H and O–H groups in total. The quantitative estimate of drug-likeness (QED) is 0.0456. The second kappa shape index (κ2) is 17.7. The van der Waals surface area contributed by atoms with Gasteiger partial charge in [-0.25, -0.2) is 4.79 Å². The first kappa shape index (κ1) is 34.3. The van der Waals surface area contributed by atoms with Gasteiger partial charge in [0.15, 0.2) is 18.0 Å². The highest BCUT2D eigenvalue weighted by Crippen LogP contribution is 2.09. The molecule has 0 rings (SSSR count). The van der Waals surface area contributed by atoms with Gasteiger partial charge in [0.05, 0.1) is 12.1 Å². The lowest BCUT2D eigenvalue weighted by atomic mass is 10.0. The predicted octanol–water partition coefficient (Wildman–Crippen LogP) is -3.61. The first-order chi connectivity index (χ1) is 17.6. The standard InChI is InChI=1S/C22H44N10O6/c1-11(2)10-15(19(36)32-16(12(3)33)20(37)38)31-18(35)14(7-5-9-29-22(26)27)30-17(34)13(23)6-4-8-28-21(24)25/h11-16,33H,4-10,23H2,1-3H3,(H,30,34)(H,31,35)(H,32,36)(H,37,38)(H4,24,25,28)(H4,26,27,29). The highest BCUT2D eigenvalue weighted by molar-refractivity contribution is 5.94. The van der Waals surface area contributed by atoms with Crippen molar-refractivity contribution < 1.29 is 29.4 Å². The van der Waals surface area contributed by atoms with Crippen molar-refractivity contribution in [3.8, 4) is 0 Å². The summed E-state index contributed by atoms with van der Waals surface area (Å²) in [4.78, 5) is 57.8. The van der Waals surface area contributed by atoms with E-state index in [9.17, 15) is 29.4 Å². The van der Waals surface area contributed by atoms with E-state index < -0.39 is 54.0 Å². The molecule has 3 amide bonds. The fourth-order valence-electron chi connectivity index (χ4n) is 3.32. The zero-order chi connectivity index (χ0) is 29.4. The van der Waals surface area contributed by atoms with Crippen LogP contribution in [0.4, 0.5) is 0 Å². The molecule has 0 bridgehead atoms. The molecule has 0 aliphatic rings. The van der Waals surface area contributed by atoms with Crippen LogP contribution in [0.15, 0.2) is 9.98 Å². The zero-order valence-electron chi connectivity index (χ0n) is 22.2. The molecule has 0 aliphatic heterocycles. The number of carbonyl (C=O) groups is 4. The summed E-state index contributed by atoms with van der Waals surface area (Å²) in [5.41, 5.74) is 27.1. The number of nitrogens with zero attached hydrogens (tertiary/aromatic N) is 2. The van der Waals surface area contributed by atoms with Crippen LogP contribution < -0.4 is 44.6 Å². The molecule has 0 aliphatic carbocycles. The normalized spacial score (nSPS) is 14.8. The van der Waals surface area contributed by atoms with Crippen molar-refractivity contribution in [1.82, 2.24) is 16.0 Å². The van der Waals surface area contributed by atoms with E-state index in [0.717, 1.165) is 0 Å². The number of nitrogens with one attached hydrogen (secondary N) is 3. The van der Waals surface area contributed by atoms with Gasteiger partial charge >= 0.3 is 5.97 Å². The van der Waals surface area contributed by atoms with Crippen LogP contribution in [0, 0.1) is 5.92 Å². The van der Waals surface area contributed by atoms with Gasteiger partial charge in [0.25, 0.3) is 0 Å². The van der Waals surface area contributed by atoms with Crippen molar-refractivity contribution in [1.29, 1.82) is 0 Å². The molecule has 0 aromatic heterocycles. The van der Waals surface area contributed by atoms with E-state index in [1.165, 1.54) is 6.92 Å². The molecule has 0 saturated heterocycles. The molecule has 5 unspecified atom stereocenters. The highest BCUT2D eigenvalue weighted by atomic mass is 16.4. The Kier molecular flexibility index (Phi) is 16.0. The van der Waals surface area contributed by atoms with Crippen molar-refractivity contribution >= 4 is 35.6 Å². The van der Waals surface area contributed by atoms with Crippen LogP contribution in [0.1, 0.15) is 52.9 Å². The summed E-state index contributed by atoms with van der Waals surface area (Å²) in [7, 11) is 0. The molecule has 16 nitrogen and oxygen atoms in total. The van der Waals surface area contributed by atoms with E-state index in [0.29, 0.717) is 12.8 Å². The number of aliphatic hydroxyl groups excluding tert-OH is 1. The van der Waals surface area contributed by atoms with Gasteiger partial charge in [-0.1, -0.05) is 13.8 Å². The molecule has 38 heavy (non-hydrogen) atoms. The monoisotopic (exact) mass is 544 g/mol. The van der Waals surface area contributed by atoms with E-state index in [1.807, 2.05) is 13.8 Å². The van der Waals surface area contributed by atoms with Crippen LogP contribution in [0.25, 0.3) is 0 Å². The maximum absolute atomic E-state index is 13.2. The van der Waals surface area contributed by atoms with Gasteiger partial charge in [0.1, 0.15) is 12.1 Å². The molecule has 16 heteroatoms. The number of guanidine groups is 2. The van der Waals surface area contributed by atoms with Gasteiger partial charge < -0.3 is 54.8 Å². The van der Waals surface area contributed by atoms with Crippen molar-refractivity contribution in [2.24, 2.45) is 44.6 Å². The summed E-state index contributed by atoms with van der Waals surface area (Å²) in [6, 6.07) is -4.74. The molecular weight excluding hydrogens is 500 g/mol. The van der Waals surface area contributed by atoms with Crippen LogP contribution in [0.5, 0.6) is 0 Å². The average Bonchev–Trinajstić information content (AvgIpc) is 2.80. The van der Waals surface area contributed by atoms with Crippen LogP contribution >= 0.6 is 0 Å². The Balaban J connectivity index is 5.56. The van der Waals surface area contributed by atoms with Crippen LogP contribution in [-0.4, -0.2) is 89.2 Å². The fraction of sp³-hybridized carbons (Fsp3) is 0.727. The van der Waals surface area contributed by atoms with Gasteiger partial charge in [-0.05, 0) is 44.9 Å². The number of amides is 3. The third-order valence-corrected chi connectivity index (χ3v) is 5.27. The summed E-state index contributed by atoms with van der Waals surface area (Å²) < 4.78 is 0. The van der Waals surface area contributed by atoms with Gasteiger partial charge in [-0.2, -0.15) is 0 Å². The lowest BCUT2D eigenvalue weighted by Crippen LogP contribution is -2.58. The zero-order valence-corrected chi connectivity index (χ0v) is 22.2. The molecule has 218 valence electrons. The number of hydrogen-bond donors (Lipinski definition) is 10. The summed E-state index contributed by atoms with van der Waals surface area (Å²) in [6.07, 6.45) is -0.0835. The molecular formula is C22H44N10O6. The smallest absolute Gasteiger partial charge is 0.328 e. The molecule has 5 atom stereocenters. The minimum absolute atomic E-state index is 0.0607. The van der Waals surface area contributed by atoms with Crippen molar-refractivity contribution in [2.45, 2.75) is 83.1 Å². The topological polar surface area (TPSA) is 300 Å². The largest absolute Gasteiger partial charge is 0.480 e. The SMILES string of the molecule is CC(C)CC(NC(=O)C(CCCN=C(N)N)NC(=O)C(N)CCCN=C(N)N)C(=O)NC(C(=O)O)C(C)O. The van der Waals surface area contributed by atoms with Crippen LogP contribution in [0.3, 0.4) is 0 Å². The van der Waals surface area contributed by atoms with Crippen LogP contribution in [0.2, 0.25) is 0 Å². The summed E-state index contributed by atoms with van der Waals surface area (Å²) in [5, 5.41) is 26.4. The Morgan fingerprint density at radius 3 is 1.68 bits per heavy atom. The van der Waals surface area contributed by atoms with E-state index in [4.69, 9.17) is 28.7 Å². The maximum Gasteiger partial charge on any atom is 0.328 e. The summed E-state index contributed by atoms with van der Waals surface area (Å²) >= 11 is 0. The number of aliphatic hydroxyl groups is 1. The number of rotatable bonds is 18. The third kappa shape index (κ3) is 14.8. The van der Waals surface area contributed by atoms with Crippen molar-refractivity contribution in [3.63, 3.8) is 0 Å². The number of nitrogens with two attached hydrogens (primary N) is 5. The molecule has 0 heterocycles. The fourth-order valence-corrected chi connectivity index (χ4v) is 3.32. The summed E-state index contributed by atoms with van der Waals surface area (Å²) in [5.74, 6) is -3.76. The summed E-state index contributed by atoms with van der Waals surface area (Å²) in [6.45, 7) is 5.31. The molecule has 0 fully saturated rings. The van der Waals surface area contributed by atoms with Crippen molar-refractivity contribution in [2.75, 3.05) is 13.1 Å². The number of aliphatic imine (C=N–C) groups is 2. The average molecular weight is 545 g/mol. The Labute approximate surface area is 222 Å². The molecule has 0 radical (unpaired) electrons. The van der Waals surface area contributed by atoms with Gasteiger partial charge in [0.2, 0.25) is 17.7 Å². The molecule has 0 saturated carbocycles. The third-order valence-electron chi connectivity index (χ3n) is 5.27. The Morgan fingerprint density at radius 1 is 0.763 bits per heavy atom.